The first-order valence-corrected chi connectivity index (χ1v) is 11.0. The Labute approximate surface area is 191 Å². The Morgan fingerprint density at radius 1 is 1.09 bits per heavy atom. The number of likely N-dealkylation sites (tertiary alicyclic amines) is 1. The number of pyridine rings is 1. The normalized spacial score (nSPS) is 17.7. The number of hydrogen-bond acceptors (Lipinski definition) is 4. The monoisotopic (exact) mass is 444 g/mol. The second-order valence-electron chi connectivity index (χ2n) is 8.31. The molecule has 1 aromatic heterocycles. The topological polar surface area (TPSA) is 81.7 Å². The van der Waals surface area contributed by atoms with Crippen LogP contribution in [0.15, 0.2) is 77.9 Å². The number of fused-ring (bicyclic) bond motifs is 1. The summed E-state index contributed by atoms with van der Waals surface area (Å²) < 4.78 is 13.5. The molecule has 3 aromatic rings. The molecule has 1 spiro atoms. The number of benzene rings is 2. The highest BCUT2D eigenvalue weighted by Gasteiger charge is 2.43. The van der Waals surface area contributed by atoms with E-state index in [1.807, 2.05) is 30.3 Å². The van der Waals surface area contributed by atoms with Crippen molar-refractivity contribution < 1.29 is 9.18 Å². The molecule has 168 valence electrons. The Bertz CT molecular complexity index is 1170. The van der Waals surface area contributed by atoms with Crippen molar-refractivity contribution in [2.45, 2.75) is 24.9 Å². The van der Waals surface area contributed by atoms with E-state index in [1.54, 1.807) is 23.2 Å². The van der Waals surface area contributed by atoms with E-state index < -0.39 is 5.54 Å². The maximum absolute atomic E-state index is 13.5. The van der Waals surface area contributed by atoms with Crippen molar-refractivity contribution in [3.63, 3.8) is 0 Å². The van der Waals surface area contributed by atoms with Crippen LogP contribution in [0, 0.1) is 5.82 Å². The lowest BCUT2D eigenvalue weighted by molar-refractivity contribution is 0.190. The molecule has 5 rings (SSSR count). The Morgan fingerprint density at radius 3 is 2.70 bits per heavy atom. The number of rotatable bonds is 3. The summed E-state index contributed by atoms with van der Waals surface area (Å²) in [4.78, 5) is 23.9. The minimum absolute atomic E-state index is 0.232. The van der Waals surface area contributed by atoms with E-state index in [-0.39, 0.29) is 11.8 Å². The summed E-state index contributed by atoms with van der Waals surface area (Å²) in [6.45, 7) is 1.63. The van der Waals surface area contributed by atoms with Crippen LogP contribution in [0.5, 0.6) is 0 Å². The molecule has 0 aliphatic carbocycles. The van der Waals surface area contributed by atoms with Crippen LogP contribution in [0.4, 0.5) is 26.4 Å². The number of amides is 2. The van der Waals surface area contributed by atoms with Crippen LogP contribution >= 0.6 is 0 Å². The van der Waals surface area contributed by atoms with Gasteiger partial charge in [-0.15, -0.1) is 0 Å². The third-order valence-corrected chi connectivity index (χ3v) is 6.11. The lowest BCUT2D eigenvalue weighted by atomic mass is 9.84. The van der Waals surface area contributed by atoms with Gasteiger partial charge in [-0.05, 0) is 48.7 Å². The SMILES string of the molecule is O=C(Nc1cccc(F)c1)N1CCC2(CC1)Nc1cccnc1NC2=NCc1ccccc1. The molecule has 0 unspecified atom stereocenters. The zero-order chi connectivity index (χ0) is 22.7. The van der Waals surface area contributed by atoms with Gasteiger partial charge in [-0.3, -0.25) is 4.99 Å². The minimum Gasteiger partial charge on any atom is -0.370 e. The molecule has 0 radical (unpaired) electrons. The highest BCUT2D eigenvalue weighted by Crippen LogP contribution is 2.36. The smallest absolute Gasteiger partial charge is 0.321 e. The summed E-state index contributed by atoms with van der Waals surface area (Å²) in [6.07, 6.45) is 3.11. The maximum atomic E-state index is 13.5. The van der Waals surface area contributed by atoms with Crippen LogP contribution in [0.25, 0.3) is 0 Å². The number of nitrogens with one attached hydrogen (secondary N) is 3. The van der Waals surface area contributed by atoms with E-state index in [2.05, 4.69) is 33.1 Å². The second kappa shape index (κ2) is 8.90. The number of nitrogens with zero attached hydrogens (tertiary/aromatic N) is 3. The van der Waals surface area contributed by atoms with E-state index in [1.165, 1.54) is 12.1 Å². The fraction of sp³-hybridized carbons (Fsp3) is 0.240. The summed E-state index contributed by atoms with van der Waals surface area (Å²) >= 11 is 0. The number of halogens is 1. The van der Waals surface area contributed by atoms with Crippen molar-refractivity contribution in [1.82, 2.24) is 9.88 Å². The van der Waals surface area contributed by atoms with Gasteiger partial charge >= 0.3 is 6.03 Å². The number of carbonyl (C=O) groups excluding carboxylic acids is 1. The molecule has 1 saturated heterocycles. The third kappa shape index (κ3) is 4.50. The van der Waals surface area contributed by atoms with Crippen molar-refractivity contribution in [1.29, 1.82) is 0 Å². The summed E-state index contributed by atoms with van der Waals surface area (Å²) in [6, 6.07) is 19.7. The maximum Gasteiger partial charge on any atom is 0.321 e. The average molecular weight is 445 g/mol. The molecule has 7 nitrogen and oxygen atoms in total. The minimum atomic E-state index is -0.416. The summed E-state index contributed by atoms with van der Waals surface area (Å²) in [5.41, 5.74) is 2.08. The van der Waals surface area contributed by atoms with Gasteiger partial charge in [0.25, 0.3) is 0 Å². The lowest BCUT2D eigenvalue weighted by Crippen LogP contribution is -2.59. The van der Waals surface area contributed by atoms with Crippen molar-refractivity contribution in [2.75, 3.05) is 29.0 Å². The highest BCUT2D eigenvalue weighted by atomic mass is 19.1. The number of aliphatic imine (C=N–C) groups is 1. The van der Waals surface area contributed by atoms with Gasteiger partial charge in [0.15, 0.2) is 5.82 Å². The summed E-state index contributed by atoms with van der Waals surface area (Å²) in [5, 5.41) is 9.87. The predicted molar refractivity (Wildman–Crippen MR) is 128 cm³/mol. The van der Waals surface area contributed by atoms with E-state index in [0.29, 0.717) is 38.2 Å². The van der Waals surface area contributed by atoms with Gasteiger partial charge < -0.3 is 20.9 Å². The molecule has 33 heavy (non-hydrogen) atoms. The van der Waals surface area contributed by atoms with Gasteiger partial charge in [0, 0.05) is 25.0 Å². The number of amidine groups is 1. The fourth-order valence-electron chi connectivity index (χ4n) is 4.32. The van der Waals surface area contributed by atoms with Crippen molar-refractivity contribution in [3.8, 4) is 0 Å². The molecule has 8 heteroatoms. The van der Waals surface area contributed by atoms with Gasteiger partial charge in [-0.2, -0.15) is 0 Å². The predicted octanol–water partition coefficient (Wildman–Crippen LogP) is 4.72. The van der Waals surface area contributed by atoms with Gasteiger partial charge in [-0.1, -0.05) is 36.4 Å². The molecule has 2 aliphatic heterocycles. The number of urea groups is 1. The Kier molecular flexibility index (Phi) is 5.64. The van der Waals surface area contributed by atoms with Crippen LogP contribution < -0.4 is 16.0 Å². The van der Waals surface area contributed by atoms with Crippen molar-refractivity contribution in [2.24, 2.45) is 4.99 Å². The van der Waals surface area contributed by atoms with Crippen LogP contribution in [-0.4, -0.2) is 40.4 Å². The van der Waals surface area contributed by atoms with Crippen molar-refractivity contribution >= 4 is 29.1 Å². The molecule has 3 heterocycles. The fourth-order valence-corrected chi connectivity index (χ4v) is 4.32. The number of piperidine rings is 1. The molecule has 0 atom stereocenters. The number of carbonyl (C=O) groups is 1. The van der Waals surface area contributed by atoms with E-state index in [9.17, 15) is 9.18 Å². The number of anilines is 3. The molecule has 2 aliphatic rings. The molecule has 3 N–H and O–H groups in total. The first-order chi connectivity index (χ1) is 16.1. The van der Waals surface area contributed by atoms with E-state index >= 15 is 0 Å². The van der Waals surface area contributed by atoms with Gasteiger partial charge in [0.1, 0.15) is 11.7 Å². The first kappa shape index (κ1) is 20.9. The van der Waals surface area contributed by atoms with Gasteiger partial charge in [-0.25, -0.2) is 14.2 Å². The largest absolute Gasteiger partial charge is 0.370 e. The van der Waals surface area contributed by atoms with E-state index in [0.717, 1.165) is 22.9 Å². The summed E-state index contributed by atoms with van der Waals surface area (Å²) in [7, 11) is 0. The molecular weight excluding hydrogens is 419 g/mol. The van der Waals surface area contributed by atoms with Crippen LogP contribution in [-0.2, 0) is 6.54 Å². The summed E-state index contributed by atoms with van der Waals surface area (Å²) in [5.74, 6) is 1.21. The molecule has 1 fully saturated rings. The highest BCUT2D eigenvalue weighted by molar-refractivity contribution is 6.08. The van der Waals surface area contributed by atoms with Crippen LogP contribution in [0.2, 0.25) is 0 Å². The third-order valence-electron chi connectivity index (χ3n) is 6.11. The standard InChI is InChI=1S/C25H25FN6O/c26-19-8-4-9-20(16-19)29-24(33)32-14-11-25(12-15-32)23(28-17-18-6-2-1-3-7-18)30-22-21(31-25)10-5-13-27-22/h1-10,13,16,31H,11-12,14-15,17H2,(H,29,33)(H,27,28,30). The van der Waals surface area contributed by atoms with Crippen LogP contribution in [0.3, 0.4) is 0 Å². The zero-order valence-corrected chi connectivity index (χ0v) is 18.1. The zero-order valence-electron chi connectivity index (χ0n) is 18.1. The molecule has 2 aromatic carbocycles. The molecular formula is C25H25FN6O. The molecule has 2 amide bonds. The first-order valence-electron chi connectivity index (χ1n) is 11.0. The quantitative estimate of drug-likeness (QED) is 0.546. The lowest BCUT2D eigenvalue weighted by Gasteiger charge is -2.46. The average Bonchev–Trinajstić information content (AvgIpc) is 2.84. The van der Waals surface area contributed by atoms with Gasteiger partial charge in [0.05, 0.1) is 17.8 Å². The number of aromatic nitrogens is 1. The van der Waals surface area contributed by atoms with E-state index in [4.69, 9.17) is 4.99 Å². The van der Waals surface area contributed by atoms with Crippen molar-refractivity contribution in [3.05, 3.63) is 84.3 Å². The second-order valence-corrected chi connectivity index (χ2v) is 8.31. The van der Waals surface area contributed by atoms with Crippen LogP contribution in [0.1, 0.15) is 18.4 Å². The van der Waals surface area contributed by atoms with Gasteiger partial charge in [0.2, 0.25) is 0 Å². The number of hydrogen-bond donors (Lipinski definition) is 3. The Balaban J connectivity index is 1.33. The Morgan fingerprint density at radius 2 is 1.91 bits per heavy atom. The Hall–Kier alpha value is -3.94. The molecule has 0 saturated carbocycles. The molecule has 0 bridgehead atoms.